The lowest BCUT2D eigenvalue weighted by atomic mass is 9.92. The molecule has 3 rings (SSSR count). The minimum Gasteiger partial charge on any atom is -0.466 e. The number of nitrogens with one attached hydrogen (secondary N) is 1. The van der Waals surface area contributed by atoms with Crippen molar-refractivity contribution in [3.8, 4) is 0 Å². The summed E-state index contributed by atoms with van der Waals surface area (Å²) in [5, 5.41) is 3.26. The number of imide groups is 1. The maximum absolute atomic E-state index is 12.8. The Balaban J connectivity index is 1.90. The molecule has 3 heterocycles. The Morgan fingerprint density at radius 1 is 1.35 bits per heavy atom. The third kappa shape index (κ3) is 2.59. The molecule has 7 heteroatoms. The van der Waals surface area contributed by atoms with Crippen LogP contribution in [0.3, 0.4) is 0 Å². The number of nitrogens with zero attached hydrogens (tertiary/aromatic N) is 2. The van der Waals surface area contributed by atoms with Crippen molar-refractivity contribution in [2.45, 2.75) is 32.9 Å². The maximum Gasteiger partial charge on any atom is 0.325 e. The molecule has 0 bridgehead atoms. The molecule has 3 amide bonds. The predicted molar refractivity (Wildman–Crippen MR) is 83.9 cm³/mol. The zero-order valence-corrected chi connectivity index (χ0v) is 13.8. The largest absolute Gasteiger partial charge is 0.466 e. The van der Waals surface area contributed by atoms with Gasteiger partial charge in [0.25, 0.3) is 5.91 Å². The van der Waals surface area contributed by atoms with E-state index in [0.29, 0.717) is 27.8 Å². The van der Waals surface area contributed by atoms with Gasteiger partial charge in [-0.2, -0.15) is 0 Å². The number of pyridine rings is 1. The fourth-order valence-corrected chi connectivity index (χ4v) is 2.92. The van der Waals surface area contributed by atoms with E-state index in [1.165, 1.54) is 6.20 Å². The summed E-state index contributed by atoms with van der Waals surface area (Å²) in [4.78, 5) is 30.4. The fourth-order valence-electron chi connectivity index (χ4n) is 2.81. The lowest BCUT2D eigenvalue weighted by Gasteiger charge is -2.21. The summed E-state index contributed by atoms with van der Waals surface area (Å²) >= 11 is 5.80. The number of aryl methyl sites for hydroxylation is 2. The number of furan rings is 1. The molecule has 1 saturated heterocycles. The lowest BCUT2D eigenvalue weighted by molar-refractivity contribution is -0.131. The number of carbonyl (C=O) groups is 2. The van der Waals surface area contributed by atoms with E-state index in [9.17, 15) is 9.59 Å². The van der Waals surface area contributed by atoms with Crippen LogP contribution in [0.15, 0.2) is 28.8 Å². The molecular formula is C16H16ClN3O3. The number of aromatic nitrogens is 1. The number of amides is 3. The van der Waals surface area contributed by atoms with Crippen molar-refractivity contribution in [3.05, 3.63) is 52.2 Å². The van der Waals surface area contributed by atoms with Gasteiger partial charge in [-0.05, 0) is 39.0 Å². The van der Waals surface area contributed by atoms with Crippen LogP contribution in [0.4, 0.5) is 4.79 Å². The molecule has 1 atom stereocenters. The lowest BCUT2D eigenvalue weighted by Crippen LogP contribution is -2.41. The molecular weight excluding hydrogens is 318 g/mol. The molecule has 1 N–H and O–H groups in total. The van der Waals surface area contributed by atoms with Gasteiger partial charge in [-0.3, -0.25) is 14.7 Å². The molecule has 1 aliphatic rings. The van der Waals surface area contributed by atoms with E-state index in [1.54, 1.807) is 39.0 Å². The van der Waals surface area contributed by atoms with E-state index in [1.807, 2.05) is 0 Å². The molecule has 2 aromatic rings. The molecule has 2 aromatic heterocycles. The second-order valence-electron chi connectivity index (χ2n) is 5.74. The molecule has 0 aromatic carbocycles. The zero-order valence-electron chi connectivity index (χ0n) is 13.0. The van der Waals surface area contributed by atoms with E-state index in [0.717, 1.165) is 4.90 Å². The van der Waals surface area contributed by atoms with Crippen LogP contribution in [-0.4, -0.2) is 21.8 Å². The topological polar surface area (TPSA) is 75.4 Å². The third-order valence-electron chi connectivity index (χ3n) is 3.96. The Bertz CT molecular complexity index is 784. The van der Waals surface area contributed by atoms with Gasteiger partial charge in [-0.15, -0.1) is 0 Å². The van der Waals surface area contributed by atoms with Crippen molar-refractivity contribution >= 4 is 23.5 Å². The predicted octanol–water partition coefficient (Wildman–Crippen LogP) is 2.91. The molecule has 6 nitrogen and oxygen atoms in total. The van der Waals surface area contributed by atoms with Crippen LogP contribution >= 0.6 is 11.6 Å². The van der Waals surface area contributed by atoms with Crippen LogP contribution < -0.4 is 5.32 Å². The summed E-state index contributed by atoms with van der Waals surface area (Å²) in [6.45, 7) is 5.35. The number of urea groups is 1. The number of rotatable bonds is 3. The highest BCUT2D eigenvalue weighted by Gasteiger charge is 2.50. The van der Waals surface area contributed by atoms with Crippen molar-refractivity contribution in [1.82, 2.24) is 15.2 Å². The first-order chi connectivity index (χ1) is 10.8. The van der Waals surface area contributed by atoms with Crippen molar-refractivity contribution < 1.29 is 14.0 Å². The molecule has 0 aliphatic carbocycles. The van der Waals surface area contributed by atoms with E-state index in [-0.39, 0.29) is 12.5 Å². The molecule has 1 aliphatic heterocycles. The van der Waals surface area contributed by atoms with Crippen LogP contribution in [0.25, 0.3) is 0 Å². The summed E-state index contributed by atoms with van der Waals surface area (Å²) in [5.41, 5.74) is 0.118. The number of carbonyl (C=O) groups excluding carboxylic acids is 2. The average molecular weight is 334 g/mol. The SMILES string of the molecule is Cc1cc([C@@]2(C)NC(=O)N(Cc3ccc(Cl)cn3)C2=O)c(C)o1. The summed E-state index contributed by atoms with van der Waals surface area (Å²) in [5.74, 6) is 0.979. The smallest absolute Gasteiger partial charge is 0.325 e. The second-order valence-corrected chi connectivity index (χ2v) is 6.18. The summed E-state index contributed by atoms with van der Waals surface area (Å²) in [6.07, 6.45) is 1.48. The van der Waals surface area contributed by atoms with Crippen molar-refractivity contribution in [3.63, 3.8) is 0 Å². The highest BCUT2D eigenvalue weighted by Crippen LogP contribution is 2.33. The van der Waals surface area contributed by atoms with Crippen molar-refractivity contribution in [2.24, 2.45) is 0 Å². The third-order valence-corrected chi connectivity index (χ3v) is 4.19. The Morgan fingerprint density at radius 2 is 2.09 bits per heavy atom. The summed E-state index contributed by atoms with van der Waals surface area (Å²) in [7, 11) is 0. The Hall–Kier alpha value is -2.34. The van der Waals surface area contributed by atoms with Gasteiger partial charge in [0.05, 0.1) is 17.3 Å². The highest BCUT2D eigenvalue weighted by atomic mass is 35.5. The van der Waals surface area contributed by atoms with Crippen LogP contribution in [0.2, 0.25) is 5.02 Å². The molecule has 0 unspecified atom stereocenters. The zero-order chi connectivity index (χ0) is 16.8. The summed E-state index contributed by atoms with van der Waals surface area (Å²) < 4.78 is 5.49. The number of hydrogen-bond donors (Lipinski definition) is 1. The first-order valence-corrected chi connectivity index (χ1v) is 7.51. The van der Waals surface area contributed by atoms with Crippen molar-refractivity contribution in [1.29, 1.82) is 0 Å². The van der Waals surface area contributed by atoms with Crippen LogP contribution in [-0.2, 0) is 16.9 Å². The van der Waals surface area contributed by atoms with Crippen LogP contribution in [0.5, 0.6) is 0 Å². The van der Waals surface area contributed by atoms with E-state index >= 15 is 0 Å². The normalized spacial score (nSPS) is 21.0. The van der Waals surface area contributed by atoms with Gasteiger partial charge in [-0.1, -0.05) is 11.6 Å². The molecule has 1 fully saturated rings. The molecule has 0 saturated carbocycles. The molecule has 0 spiro atoms. The van der Waals surface area contributed by atoms with Crippen LogP contribution in [0.1, 0.15) is 29.7 Å². The standard InChI is InChI=1S/C16H16ClN3O3/c1-9-6-13(10(2)23-9)16(3)14(21)20(15(22)19-16)8-12-5-4-11(17)7-18-12/h4-7H,8H2,1-3H3,(H,19,22)/t16-/m1/s1. The quantitative estimate of drug-likeness (QED) is 0.876. The monoisotopic (exact) mass is 333 g/mol. The van der Waals surface area contributed by atoms with Crippen molar-refractivity contribution in [2.75, 3.05) is 0 Å². The van der Waals surface area contributed by atoms with Gasteiger partial charge in [0.1, 0.15) is 17.1 Å². The van der Waals surface area contributed by atoms with Gasteiger partial charge in [-0.25, -0.2) is 4.79 Å². The minimum atomic E-state index is -1.13. The Labute approximate surface area is 138 Å². The average Bonchev–Trinajstić information content (AvgIpc) is 2.94. The van der Waals surface area contributed by atoms with Gasteiger partial charge < -0.3 is 9.73 Å². The van der Waals surface area contributed by atoms with E-state index < -0.39 is 11.6 Å². The number of halogens is 1. The van der Waals surface area contributed by atoms with Gasteiger partial charge in [0, 0.05) is 11.8 Å². The molecule has 120 valence electrons. The van der Waals surface area contributed by atoms with Gasteiger partial charge >= 0.3 is 6.03 Å². The first kappa shape index (κ1) is 15.6. The Kier molecular flexibility index (Phi) is 3.64. The van der Waals surface area contributed by atoms with E-state index in [2.05, 4.69) is 10.3 Å². The first-order valence-electron chi connectivity index (χ1n) is 7.13. The second kappa shape index (κ2) is 5.38. The fraction of sp³-hybridized carbons (Fsp3) is 0.312. The van der Waals surface area contributed by atoms with Gasteiger partial charge in [0.2, 0.25) is 0 Å². The van der Waals surface area contributed by atoms with E-state index in [4.69, 9.17) is 16.0 Å². The highest BCUT2D eigenvalue weighted by molar-refractivity contribution is 6.30. The van der Waals surface area contributed by atoms with Crippen LogP contribution in [0, 0.1) is 13.8 Å². The minimum absolute atomic E-state index is 0.0906. The number of hydrogen-bond acceptors (Lipinski definition) is 4. The maximum atomic E-state index is 12.8. The Morgan fingerprint density at radius 3 is 2.65 bits per heavy atom. The van der Waals surface area contributed by atoms with Gasteiger partial charge in [0.15, 0.2) is 0 Å². The molecule has 0 radical (unpaired) electrons. The molecule has 23 heavy (non-hydrogen) atoms. The summed E-state index contributed by atoms with van der Waals surface area (Å²) in [6, 6.07) is 4.68.